The molecule has 1 aromatic carbocycles. The number of imidazole rings is 1. The summed E-state index contributed by atoms with van der Waals surface area (Å²) in [6.45, 7) is 2.67. The first-order valence-corrected chi connectivity index (χ1v) is 9.33. The minimum Gasteiger partial charge on any atom is -0.353 e. The second-order valence-corrected chi connectivity index (χ2v) is 7.33. The molecule has 3 saturated heterocycles. The smallest absolute Gasteiger partial charge is 0.227 e. The van der Waals surface area contributed by atoms with Crippen molar-refractivity contribution in [3.05, 3.63) is 30.6 Å². The van der Waals surface area contributed by atoms with Gasteiger partial charge in [-0.15, -0.1) is 0 Å². The van der Waals surface area contributed by atoms with Crippen LogP contribution in [0.5, 0.6) is 0 Å². The number of aryl methyl sites for hydroxylation is 1. The van der Waals surface area contributed by atoms with Gasteiger partial charge < -0.3 is 19.1 Å². The van der Waals surface area contributed by atoms with Crippen molar-refractivity contribution in [2.75, 3.05) is 19.7 Å². The first-order valence-electron chi connectivity index (χ1n) is 9.33. The van der Waals surface area contributed by atoms with Crippen LogP contribution >= 0.6 is 0 Å². The molecule has 2 atom stereocenters. The Morgan fingerprint density at radius 3 is 3.12 bits per heavy atom. The number of likely N-dealkylation sites (tertiary alicyclic amines) is 1. The monoisotopic (exact) mass is 354 g/mol. The van der Waals surface area contributed by atoms with Crippen molar-refractivity contribution in [1.82, 2.24) is 19.4 Å². The molecule has 3 aliphatic heterocycles. The molecule has 0 N–H and O–H groups in total. The Morgan fingerprint density at radius 2 is 2.19 bits per heavy atom. The van der Waals surface area contributed by atoms with Gasteiger partial charge >= 0.3 is 0 Å². The number of fused-ring (bicyclic) bond motifs is 1. The predicted molar refractivity (Wildman–Crippen MR) is 94.1 cm³/mol. The molecule has 136 valence electrons. The topological polar surface area (TPSA) is 67.7 Å². The van der Waals surface area contributed by atoms with Gasteiger partial charge in [0.25, 0.3) is 0 Å². The number of hydrogen-bond donors (Lipinski definition) is 0. The summed E-state index contributed by atoms with van der Waals surface area (Å²) in [5.41, 5.74) is 1.41. The van der Waals surface area contributed by atoms with Gasteiger partial charge in [0.15, 0.2) is 5.72 Å². The van der Waals surface area contributed by atoms with E-state index < -0.39 is 5.72 Å². The fourth-order valence-electron chi connectivity index (χ4n) is 4.80. The van der Waals surface area contributed by atoms with E-state index in [-0.39, 0.29) is 17.9 Å². The Kier molecular flexibility index (Phi) is 3.53. The summed E-state index contributed by atoms with van der Waals surface area (Å²) in [7, 11) is 0. The first-order chi connectivity index (χ1) is 12.7. The maximum Gasteiger partial charge on any atom is 0.227 e. The standard InChI is InChI=1S/C19H22N4O3/c24-17(6-9-21-13-20-14-4-1-2-5-15(14)21)22-10-7-19-16(22)12-18(25)23(19)8-3-11-26-19/h1-2,4-5,13,16H,3,6-12H2/t16-,19+/m1/s1. The highest BCUT2D eigenvalue weighted by Crippen LogP contribution is 2.45. The third kappa shape index (κ3) is 2.19. The van der Waals surface area contributed by atoms with Crippen molar-refractivity contribution in [2.45, 2.75) is 44.0 Å². The Labute approximate surface area is 151 Å². The Balaban J connectivity index is 1.31. The van der Waals surface area contributed by atoms with Crippen LogP contribution in [0.15, 0.2) is 30.6 Å². The summed E-state index contributed by atoms with van der Waals surface area (Å²) < 4.78 is 8.08. The maximum absolute atomic E-state index is 12.9. The second-order valence-electron chi connectivity index (χ2n) is 7.33. The van der Waals surface area contributed by atoms with Crippen LogP contribution in [0.3, 0.4) is 0 Å². The molecule has 0 saturated carbocycles. The van der Waals surface area contributed by atoms with E-state index in [2.05, 4.69) is 4.98 Å². The summed E-state index contributed by atoms with van der Waals surface area (Å²) >= 11 is 0. The molecular formula is C19H22N4O3. The molecule has 0 aliphatic carbocycles. The molecule has 26 heavy (non-hydrogen) atoms. The van der Waals surface area contributed by atoms with E-state index in [1.54, 1.807) is 6.33 Å². The average molecular weight is 354 g/mol. The average Bonchev–Trinajstić information content (AvgIpc) is 3.30. The molecule has 0 unspecified atom stereocenters. The maximum atomic E-state index is 12.9. The Morgan fingerprint density at radius 1 is 1.31 bits per heavy atom. The number of ether oxygens (including phenoxy) is 1. The normalized spacial score (nSPS) is 27.8. The van der Waals surface area contributed by atoms with Gasteiger partial charge in [0, 0.05) is 32.5 Å². The van der Waals surface area contributed by atoms with Gasteiger partial charge in [0.1, 0.15) is 0 Å². The predicted octanol–water partition coefficient (Wildman–Crippen LogP) is 1.38. The van der Waals surface area contributed by atoms with Crippen molar-refractivity contribution in [2.24, 2.45) is 0 Å². The number of amides is 2. The number of benzene rings is 1. The van der Waals surface area contributed by atoms with E-state index in [0.717, 1.165) is 30.4 Å². The molecule has 2 aromatic rings. The summed E-state index contributed by atoms with van der Waals surface area (Å²) in [4.78, 5) is 33.4. The van der Waals surface area contributed by atoms with Gasteiger partial charge in [-0.1, -0.05) is 12.1 Å². The van der Waals surface area contributed by atoms with Crippen LogP contribution in [0.1, 0.15) is 25.7 Å². The van der Waals surface area contributed by atoms with Gasteiger partial charge in [-0.3, -0.25) is 9.59 Å². The molecule has 0 radical (unpaired) electrons. The number of carbonyl (C=O) groups excluding carboxylic acids is 2. The van der Waals surface area contributed by atoms with Crippen LogP contribution < -0.4 is 0 Å². The highest BCUT2D eigenvalue weighted by atomic mass is 16.5. The quantitative estimate of drug-likeness (QED) is 0.835. The second kappa shape index (κ2) is 5.81. The number of rotatable bonds is 3. The summed E-state index contributed by atoms with van der Waals surface area (Å²) in [6.07, 6.45) is 4.18. The SMILES string of the molecule is O=C(CCn1cnc2ccccc21)N1CC[C@@]23OCCCN2C(=O)C[C@@H]13. The van der Waals surface area contributed by atoms with Gasteiger partial charge in [0.05, 0.1) is 36.4 Å². The van der Waals surface area contributed by atoms with Crippen LogP contribution in [-0.2, 0) is 20.9 Å². The molecule has 4 heterocycles. The van der Waals surface area contributed by atoms with Crippen molar-refractivity contribution in [1.29, 1.82) is 0 Å². The van der Waals surface area contributed by atoms with E-state index in [1.807, 2.05) is 38.6 Å². The van der Waals surface area contributed by atoms with Gasteiger partial charge in [-0.25, -0.2) is 4.98 Å². The van der Waals surface area contributed by atoms with Crippen molar-refractivity contribution in [3.8, 4) is 0 Å². The van der Waals surface area contributed by atoms with Gasteiger partial charge in [0.2, 0.25) is 11.8 Å². The zero-order valence-corrected chi connectivity index (χ0v) is 14.6. The van der Waals surface area contributed by atoms with Crippen LogP contribution in [-0.4, -0.2) is 62.6 Å². The van der Waals surface area contributed by atoms with Crippen LogP contribution in [0.25, 0.3) is 11.0 Å². The van der Waals surface area contributed by atoms with E-state index >= 15 is 0 Å². The lowest BCUT2D eigenvalue weighted by molar-refractivity contribution is -0.181. The molecule has 1 spiro atoms. The minimum absolute atomic E-state index is 0.0912. The summed E-state index contributed by atoms with van der Waals surface area (Å²) in [6, 6.07) is 7.79. The number of hydrogen-bond acceptors (Lipinski definition) is 4. The van der Waals surface area contributed by atoms with Crippen LogP contribution in [0.2, 0.25) is 0 Å². The van der Waals surface area contributed by atoms with Gasteiger partial charge in [-0.05, 0) is 18.6 Å². The zero-order valence-electron chi connectivity index (χ0n) is 14.6. The molecule has 0 bridgehead atoms. The van der Waals surface area contributed by atoms with E-state index in [9.17, 15) is 9.59 Å². The fourth-order valence-corrected chi connectivity index (χ4v) is 4.80. The lowest BCUT2D eigenvalue weighted by Gasteiger charge is -2.42. The van der Waals surface area contributed by atoms with Crippen LogP contribution in [0.4, 0.5) is 0 Å². The summed E-state index contributed by atoms with van der Waals surface area (Å²) in [5, 5.41) is 0. The number of aromatic nitrogens is 2. The lowest BCUT2D eigenvalue weighted by Crippen LogP contribution is -2.56. The molecule has 1 aromatic heterocycles. The van der Waals surface area contributed by atoms with Crippen molar-refractivity contribution < 1.29 is 14.3 Å². The molecule has 3 aliphatic rings. The van der Waals surface area contributed by atoms with Gasteiger partial charge in [-0.2, -0.15) is 0 Å². The van der Waals surface area contributed by atoms with Crippen molar-refractivity contribution >= 4 is 22.8 Å². The minimum atomic E-state index is -0.563. The number of para-hydroxylation sites is 2. The number of carbonyl (C=O) groups is 2. The zero-order chi connectivity index (χ0) is 17.7. The molecular weight excluding hydrogens is 332 g/mol. The van der Waals surface area contributed by atoms with Crippen LogP contribution in [0, 0.1) is 0 Å². The van der Waals surface area contributed by atoms with E-state index in [4.69, 9.17) is 4.74 Å². The highest BCUT2D eigenvalue weighted by Gasteiger charge is 2.61. The molecule has 5 rings (SSSR count). The number of nitrogens with zero attached hydrogens (tertiary/aromatic N) is 4. The third-order valence-corrected chi connectivity index (χ3v) is 6.03. The molecule has 3 fully saturated rings. The molecule has 7 heteroatoms. The third-order valence-electron chi connectivity index (χ3n) is 6.03. The largest absolute Gasteiger partial charge is 0.353 e. The first kappa shape index (κ1) is 15.8. The molecule has 7 nitrogen and oxygen atoms in total. The highest BCUT2D eigenvalue weighted by molar-refractivity contribution is 5.84. The Hall–Kier alpha value is -2.41. The van der Waals surface area contributed by atoms with E-state index in [0.29, 0.717) is 32.5 Å². The van der Waals surface area contributed by atoms with E-state index in [1.165, 1.54) is 0 Å². The lowest BCUT2D eigenvalue weighted by atomic mass is 10.0. The summed E-state index contributed by atoms with van der Waals surface area (Å²) in [5.74, 6) is 0.210. The molecule has 2 amide bonds. The fraction of sp³-hybridized carbons (Fsp3) is 0.526. The Bertz CT molecular complexity index is 879. The van der Waals surface area contributed by atoms with Crippen molar-refractivity contribution in [3.63, 3.8) is 0 Å².